The van der Waals surface area contributed by atoms with Gasteiger partial charge in [-0.15, -0.1) is 0 Å². The molecule has 6 nitrogen and oxygen atoms in total. The van der Waals surface area contributed by atoms with E-state index in [0.29, 0.717) is 5.75 Å². The Balaban J connectivity index is 1.39. The second kappa shape index (κ2) is 10.0. The number of anilines is 3. The standard InChI is InChI=1S/C22H19F2N3O3/c23-19-11-8-17(12-20(19)24)27-21(28)13-25-22(29)14-30-18-9-6-16(7-10-18)26-15-4-2-1-3-5-15/h1-12,26H,13-14H2,(H,25,29)(H,27,28). The number of para-hydroxylation sites is 1. The van der Waals surface area contributed by atoms with Crippen molar-refractivity contribution in [2.24, 2.45) is 0 Å². The van der Waals surface area contributed by atoms with Crippen LogP contribution >= 0.6 is 0 Å². The largest absolute Gasteiger partial charge is 0.484 e. The number of halogens is 2. The summed E-state index contributed by atoms with van der Waals surface area (Å²) in [6.07, 6.45) is 0. The van der Waals surface area contributed by atoms with Crippen molar-refractivity contribution in [3.05, 3.63) is 84.4 Å². The SMILES string of the molecule is O=C(COc1ccc(Nc2ccccc2)cc1)NCC(=O)Nc1ccc(F)c(F)c1. The van der Waals surface area contributed by atoms with Crippen molar-refractivity contribution in [1.82, 2.24) is 5.32 Å². The van der Waals surface area contributed by atoms with Crippen LogP contribution in [0.5, 0.6) is 5.75 Å². The van der Waals surface area contributed by atoms with E-state index in [1.54, 1.807) is 12.1 Å². The second-order valence-corrected chi connectivity index (χ2v) is 6.26. The summed E-state index contributed by atoms with van der Waals surface area (Å²) in [5.41, 5.74) is 1.91. The highest BCUT2D eigenvalue weighted by molar-refractivity contribution is 5.94. The smallest absolute Gasteiger partial charge is 0.258 e. The Hall–Kier alpha value is -3.94. The van der Waals surface area contributed by atoms with E-state index in [1.807, 2.05) is 42.5 Å². The number of hydrogen-bond donors (Lipinski definition) is 3. The van der Waals surface area contributed by atoms with Gasteiger partial charge in [-0.1, -0.05) is 18.2 Å². The highest BCUT2D eigenvalue weighted by Gasteiger charge is 2.09. The van der Waals surface area contributed by atoms with Crippen LogP contribution in [0.15, 0.2) is 72.8 Å². The van der Waals surface area contributed by atoms with Crippen LogP contribution < -0.4 is 20.7 Å². The van der Waals surface area contributed by atoms with Gasteiger partial charge in [0.05, 0.1) is 6.54 Å². The van der Waals surface area contributed by atoms with Crippen molar-refractivity contribution in [3.8, 4) is 5.75 Å². The topological polar surface area (TPSA) is 79.5 Å². The molecular formula is C22H19F2N3O3. The zero-order valence-corrected chi connectivity index (χ0v) is 15.8. The average molecular weight is 411 g/mol. The van der Waals surface area contributed by atoms with Crippen LogP contribution in [0.2, 0.25) is 0 Å². The highest BCUT2D eigenvalue weighted by atomic mass is 19.2. The van der Waals surface area contributed by atoms with E-state index in [9.17, 15) is 18.4 Å². The third-order valence-electron chi connectivity index (χ3n) is 3.94. The Morgan fingerprint density at radius 2 is 1.43 bits per heavy atom. The molecule has 0 aliphatic heterocycles. The maximum absolute atomic E-state index is 13.1. The molecule has 0 aliphatic carbocycles. The predicted octanol–water partition coefficient (Wildman–Crippen LogP) is 3.84. The molecule has 0 saturated heterocycles. The van der Waals surface area contributed by atoms with Crippen LogP contribution in [0.1, 0.15) is 0 Å². The first kappa shape index (κ1) is 20.8. The number of rotatable bonds is 8. The van der Waals surface area contributed by atoms with Crippen molar-refractivity contribution >= 4 is 28.9 Å². The van der Waals surface area contributed by atoms with Crippen LogP contribution in [0, 0.1) is 11.6 Å². The molecule has 3 aromatic rings. The number of hydrogen-bond acceptors (Lipinski definition) is 4. The summed E-state index contributed by atoms with van der Waals surface area (Å²) in [5.74, 6) is -2.67. The molecule has 30 heavy (non-hydrogen) atoms. The van der Waals surface area contributed by atoms with Crippen molar-refractivity contribution < 1.29 is 23.1 Å². The maximum atomic E-state index is 13.1. The molecule has 0 aliphatic rings. The summed E-state index contributed by atoms with van der Waals surface area (Å²) >= 11 is 0. The van der Waals surface area contributed by atoms with Gasteiger partial charge in [-0.2, -0.15) is 0 Å². The molecular weight excluding hydrogens is 392 g/mol. The molecule has 3 rings (SSSR count). The first-order chi connectivity index (χ1) is 14.5. The normalized spacial score (nSPS) is 10.2. The van der Waals surface area contributed by atoms with Gasteiger partial charge in [0, 0.05) is 23.1 Å². The van der Waals surface area contributed by atoms with Crippen molar-refractivity contribution in [1.29, 1.82) is 0 Å². The first-order valence-electron chi connectivity index (χ1n) is 9.06. The van der Waals surface area contributed by atoms with E-state index in [0.717, 1.165) is 23.5 Å². The van der Waals surface area contributed by atoms with Gasteiger partial charge in [-0.25, -0.2) is 8.78 Å². The Morgan fingerprint density at radius 1 is 0.767 bits per heavy atom. The molecule has 3 aromatic carbocycles. The van der Waals surface area contributed by atoms with Gasteiger partial charge in [0.1, 0.15) is 5.75 Å². The molecule has 3 N–H and O–H groups in total. The average Bonchev–Trinajstić information content (AvgIpc) is 2.75. The van der Waals surface area contributed by atoms with Crippen LogP contribution in [0.25, 0.3) is 0 Å². The van der Waals surface area contributed by atoms with E-state index in [2.05, 4.69) is 16.0 Å². The fraction of sp³-hybridized carbons (Fsp3) is 0.0909. The van der Waals surface area contributed by atoms with E-state index in [-0.39, 0.29) is 18.8 Å². The van der Waals surface area contributed by atoms with Crippen molar-refractivity contribution in [2.75, 3.05) is 23.8 Å². The van der Waals surface area contributed by atoms with Crippen molar-refractivity contribution in [2.45, 2.75) is 0 Å². The molecule has 154 valence electrons. The molecule has 0 unspecified atom stereocenters. The van der Waals surface area contributed by atoms with E-state index in [4.69, 9.17) is 4.74 Å². The van der Waals surface area contributed by atoms with Gasteiger partial charge in [-0.3, -0.25) is 9.59 Å². The van der Waals surface area contributed by atoms with Crippen LogP contribution in [0.3, 0.4) is 0 Å². The monoisotopic (exact) mass is 411 g/mol. The zero-order chi connectivity index (χ0) is 21.3. The van der Waals surface area contributed by atoms with Crippen LogP contribution in [-0.2, 0) is 9.59 Å². The minimum atomic E-state index is -1.07. The summed E-state index contributed by atoms with van der Waals surface area (Å²) in [6, 6.07) is 19.7. The lowest BCUT2D eigenvalue weighted by Crippen LogP contribution is -2.35. The summed E-state index contributed by atoms with van der Waals surface area (Å²) in [4.78, 5) is 23.6. The lowest BCUT2D eigenvalue weighted by atomic mass is 10.2. The van der Waals surface area contributed by atoms with Gasteiger partial charge in [0.2, 0.25) is 5.91 Å². The minimum Gasteiger partial charge on any atom is -0.484 e. The van der Waals surface area contributed by atoms with Gasteiger partial charge < -0.3 is 20.7 Å². The van der Waals surface area contributed by atoms with E-state index < -0.39 is 23.4 Å². The van der Waals surface area contributed by atoms with Gasteiger partial charge in [0.25, 0.3) is 5.91 Å². The summed E-state index contributed by atoms with van der Waals surface area (Å²) in [6.45, 7) is -0.606. The third-order valence-corrected chi connectivity index (χ3v) is 3.94. The molecule has 0 atom stereocenters. The summed E-state index contributed by atoms with van der Waals surface area (Å²) < 4.78 is 31.4. The first-order valence-corrected chi connectivity index (χ1v) is 9.06. The van der Waals surface area contributed by atoms with E-state index in [1.165, 1.54) is 6.07 Å². The fourth-order valence-electron chi connectivity index (χ4n) is 2.48. The number of benzene rings is 3. The molecule has 2 amide bonds. The molecule has 0 radical (unpaired) electrons. The number of nitrogens with one attached hydrogen (secondary N) is 3. The molecule has 0 saturated carbocycles. The highest BCUT2D eigenvalue weighted by Crippen LogP contribution is 2.19. The molecule has 0 aromatic heterocycles. The number of ether oxygens (including phenoxy) is 1. The second-order valence-electron chi connectivity index (χ2n) is 6.26. The van der Waals surface area contributed by atoms with Crippen LogP contribution in [-0.4, -0.2) is 25.0 Å². The molecule has 0 bridgehead atoms. The Bertz CT molecular complexity index is 1010. The lowest BCUT2D eigenvalue weighted by Gasteiger charge is -2.10. The van der Waals surface area contributed by atoms with E-state index >= 15 is 0 Å². The Kier molecular flexibility index (Phi) is 6.94. The minimum absolute atomic E-state index is 0.0913. The number of amides is 2. The van der Waals surface area contributed by atoms with Gasteiger partial charge in [0.15, 0.2) is 18.2 Å². The van der Waals surface area contributed by atoms with Gasteiger partial charge in [-0.05, 0) is 48.5 Å². The van der Waals surface area contributed by atoms with Gasteiger partial charge >= 0.3 is 0 Å². The summed E-state index contributed by atoms with van der Waals surface area (Å²) in [7, 11) is 0. The van der Waals surface area contributed by atoms with Crippen molar-refractivity contribution in [3.63, 3.8) is 0 Å². The molecule has 0 spiro atoms. The molecule has 0 heterocycles. The maximum Gasteiger partial charge on any atom is 0.258 e. The number of carbonyl (C=O) groups is 2. The van der Waals surface area contributed by atoms with Crippen LogP contribution in [0.4, 0.5) is 25.8 Å². The Morgan fingerprint density at radius 3 is 2.13 bits per heavy atom. The quantitative estimate of drug-likeness (QED) is 0.526. The third kappa shape index (κ3) is 6.30. The molecule has 8 heteroatoms. The zero-order valence-electron chi connectivity index (χ0n) is 15.8. The fourth-order valence-corrected chi connectivity index (χ4v) is 2.48. The molecule has 0 fully saturated rings. The lowest BCUT2D eigenvalue weighted by molar-refractivity contribution is -0.125. The predicted molar refractivity (Wildman–Crippen MR) is 110 cm³/mol. The summed E-state index contributed by atoms with van der Waals surface area (Å²) in [5, 5.41) is 7.98. The number of carbonyl (C=O) groups excluding carboxylic acids is 2. The Labute approximate surface area is 171 Å².